The molecule has 17 heavy (non-hydrogen) atoms. The third kappa shape index (κ3) is 3.43. The molecular formula is C10H19N5O2. The van der Waals surface area contributed by atoms with Crippen LogP contribution in [-0.4, -0.2) is 43.9 Å². The lowest BCUT2D eigenvalue weighted by atomic mass is 10.4. The molecule has 0 amide bonds. The van der Waals surface area contributed by atoms with Gasteiger partial charge in [0, 0.05) is 20.2 Å². The molecule has 0 unspecified atom stereocenters. The summed E-state index contributed by atoms with van der Waals surface area (Å²) in [6.45, 7) is 4.00. The van der Waals surface area contributed by atoms with E-state index in [-0.39, 0.29) is 0 Å². The van der Waals surface area contributed by atoms with Gasteiger partial charge in [-0.1, -0.05) is 0 Å². The fourth-order valence-corrected chi connectivity index (χ4v) is 1.38. The van der Waals surface area contributed by atoms with Crippen LogP contribution in [0.5, 0.6) is 5.75 Å². The van der Waals surface area contributed by atoms with Gasteiger partial charge in [-0.15, -0.1) is 0 Å². The molecule has 1 heterocycles. The number of likely N-dealkylation sites (N-methyl/N-ethyl adjacent to an activating group) is 1. The van der Waals surface area contributed by atoms with Gasteiger partial charge in [-0.25, -0.2) is 15.8 Å². The van der Waals surface area contributed by atoms with Crippen molar-refractivity contribution in [3.05, 3.63) is 6.33 Å². The van der Waals surface area contributed by atoms with Crippen LogP contribution < -0.4 is 20.9 Å². The SMILES string of the molecule is CCOCCN(C)c1ncnc(NN)c1OC. The molecule has 7 nitrogen and oxygen atoms in total. The van der Waals surface area contributed by atoms with E-state index in [1.807, 2.05) is 18.9 Å². The molecule has 0 aromatic carbocycles. The molecule has 3 N–H and O–H groups in total. The number of nitrogen functional groups attached to an aromatic ring is 1. The molecule has 0 spiro atoms. The number of nitrogens with two attached hydrogens (primary N) is 1. The Kier molecular flexibility index (Phi) is 5.44. The van der Waals surface area contributed by atoms with E-state index in [4.69, 9.17) is 15.3 Å². The number of ether oxygens (including phenoxy) is 2. The summed E-state index contributed by atoms with van der Waals surface area (Å²) in [5.74, 6) is 7.01. The quantitative estimate of drug-likeness (QED) is 0.402. The van der Waals surface area contributed by atoms with E-state index >= 15 is 0 Å². The second-order valence-corrected chi connectivity index (χ2v) is 3.34. The molecule has 0 radical (unpaired) electrons. The molecule has 0 aliphatic rings. The fourth-order valence-electron chi connectivity index (χ4n) is 1.38. The summed E-state index contributed by atoms with van der Waals surface area (Å²) in [6.07, 6.45) is 1.43. The maximum atomic E-state index is 5.35. The van der Waals surface area contributed by atoms with Gasteiger partial charge < -0.3 is 19.8 Å². The van der Waals surface area contributed by atoms with Gasteiger partial charge in [0.2, 0.25) is 5.75 Å². The summed E-state index contributed by atoms with van der Waals surface area (Å²) in [4.78, 5) is 10.1. The zero-order valence-electron chi connectivity index (χ0n) is 10.4. The number of nitrogens with zero attached hydrogens (tertiary/aromatic N) is 3. The Morgan fingerprint density at radius 2 is 2.24 bits per heavy atom. The molecule has 0 bridgehead atoms. The highest BCUT2D eigenvalue weighted by Gasteiger charge is 2.14. The highest BCUT2D eigenvalue weighted by Crippen LogP contribution is 2.30. The number of aromatic nitrogens is 2. The van der Waals surface area contributed by atoms with E-state index in [0.29, 0.717) is 37.1 Å². The first-order valence-electron chi connectivity index (χ1n) is 5.39. The van der Waals surface area contributed by atoms with Crippen LogP contribution in [0.3, 0.4) is 0 Å². The number of hydrogen-bond donors (Lipinski definition) is 2. The summed E-state index contributed by atoms with van der Waals surface area (Å²) in [5.41, 5.74) is 2.47. The summed E-state index contributed by atoms with van der Waals surface area (Å²) in [7, 11) is 3.46. The fraction of sp³-hybridized carbons (Fsp3) is 0.600. The van der Waals surface area contributed by atoms with Crippen molar-refractivity contribution in [1.82, 2.24) is 9.97 Å². The molecule has 0 saturated heterocycles. The molecular weight excluding hydrogens is 222 g/mol. The Hall–Kier alpha value is -1.60. The number of methoxy groups -OCH3 is 1. The van der Waals surface area contributed by atoms with Crippen molar-refractivity contribution in [3.63, 3.8) is 0 Å². The van der Waals surface area contributed by atoms with Gasteiger partial charge >= 0.3 is 0 Å². The monoisotopic (exact) mass is 241 g/mol. The van der Waals surface area contributed by atoms with Gasteiger partial charge in [-0.3, -0.25) is 0 Å². The normalized spacial score (nSPS) is 10.1. The summed E-state index contributed by atoms with van der Waals surface area (Å²) < 4.78 is 10.5. The molecule has 0 atom stereocenters. The number of anilines is 2. The predicted octanol–water partition coefficient (Wildman–Crippen LogP) is 0.244. The molecule has 1 aromatic heterocycles. The van der Waals surface area contributed by atoms with Gasteiger partial charge in [0.05, 0.1) is 13.7 Å². The highest BCUT2D eigenvalue weighted by atomic mass is 16.5. The standard InChI is InChI=1S/C10H19N5O2/c1-4-17-6-5-15(2)10-8(16-3)9(14-11)12-7-13-10/h7H,4-6,11H2,1-3H3,(H,12,13,14). The van der Waals surface area contributed by atoms with E-state index in [9.17, 15) is 0 Å². The molecule has 1 aromatic rings. The van der Waals surface area contributed by atoms with Crippen LogP contribution in [0.25, 0.3) is 0 Å². The van der Waals surface area contributed by atoms with Crippen LogP contribution in [-0.2, 0) is 4.74 Å². The Morgan fingerprint density at radius 3 is 2.82 bits per heavy atom. The Balaban J connectivity index is 2.81. The van der Waals surface area contributed by atoms with Crippen molar-refractivity contribution in [2.45, 2.75) is 6.92 Å². The number of hydrazine groups is 1. The Labute approximate surface area is 101 Å². The summed E-state index contributed by atoms with van der Waals surface area (Å²) >= 11 is 0. The minimum atomic E-state index is 0.459. The first-order chi connectivity index (χ1) is 8.24. The average Bonchev–Trinajstić information content (AvgIpc) is 2.37. The second-order valence-electron chi connectivity index (χ2n) is 3.34. The third-order valence-electron chi connectivity index (χ3n) is 2.26. The second kappa shape index (κ2) is 6.87. The van der Waals surface area contributed by atoms with E-state index < -0.39 is 0 Å². The Morgan fingerprint density at radius 1 is 1.47 bits per heavy atom. The molecule has 7 heteroatoms. The number of nitrogens with one attached hydrogen (secondary N) is 1. The predicted molar refractivity (Wildman–Crippen MR) is 66.2 cm³/mol. The van der Waals surface area contributed by atoms with Crippen molar-refractivity contribution in [2.24, 2.45) is 5.84 Å². The van der Waals surface area contributed by atoms with Crippen LogP contribution in [0.15, 0.2) is 6.33 Å². The topological polar surface area (TPSA) is 85.5 Å². The largest absolute Gasteiger partial charge is 0.490 e. The molecule has 96 valence electrons. The van der Waals surface area contributed by atoms with E-state index in [0.717, 1.165) is 0 Å². The van der Waals surface area contributed by atoms with Crippen LogP contribution in [0.4, 0.5) is 11.6 Å². The zero-order valence-corrected chi connectivity index (χ0v) is 10.4. The molecule has 0 saturated carbocycles. The van der Waals surface area contributed by atoms with Crippen molar-refractivity contribution in [3.8, 4) is 5.75 Å². The Bertz CT molecular complexity index is 347. The number of rotatable bonds is 7. The van der Waals surface area contributed by atoms with Crippen LogP contribution in [0.1, 0.15) is 6.92 Å². The van der Waals surface area contributed by atoms with E-state index in [1.165, 1.54) is 6.33 Å². The van der Waals surface area contributed by atoms with Gasteiger partial charge in [0.25, 0.3) is 0 Å². The van der Waals surface area contributed by atoms with Gasteiger partial charge in [0.15, 0.2) is 11.6 Å². The lowest BCUT2D eigenvalue weighted by molar-refractivity contribution is 0.154. The van der Waals surface area contributed by atoms with Crippen LogP contribution >= 0.6 is 0 Å². The summed E-state index contributed by atoms with van der Waals surface area (Å²) in [5, 5.41) is 0. The number of hydrogen-bond acceptors (Lipinski definition) is 7. The van der Waals surface area contributed by atoms with Gasteiger partial charge in [-0.2, -0.15) is 0 Å². The smallest absolute Gasteiger partial charge is 0.205 e. The summed E-state index contributed by atoms with van der Waals surface area (Å²) in [6, 6.07) is 0. The van der Waals surface area contributed by atoms with Crippen LogP contribution in [0.2, 0.25) is 0 Å². The minimum absolute atomic E-state index is 0.459. The van der Waals surface area contributed by atoms with Crippen molar-refractivity contribution >= 4 is 11.6 Å². The van der Waals surface area contributed by atoms with Crippen molar-refractivity contribution in [2.75, 3.05) is 44.2 Å². The zero-order chi connectivity index (χ0) is 12.7. The maximum absolute atomic E-state index is 5.35. The molecule has 0 fully saturated rings. The van der Waals surface area contributed by atoms with Crippen molar-refractivity contribution in [1.29, 1.82) is 0 Å². The first-order valence-corrected chi connectivity index (χ1v) is 5.39. The highest BCUT2D eigenvalue weighted by molar-refractivity contribution is 5.63. The lowest BCUT2D eigenvalue weighted by Crippen LogP contribution is -2.25. The van der Waals surface area contributed by atoms with E-state index in [1.54, 1.807) is 7.11 Å². The van der Waals surface area contributed by atoms with Gasteiger partial charge in [0.1, 0.15) is 6.33 Å². The van der Waals surface area contributed by atoms with E-state index in [2.05, 4.69) is 15.4 Å². The maximum Gasteiger partial charge on any atom is 0.205 e. The van der Waals surface area contributed by atoms with Gasteiger partial charge in [-0.05, 0) is 6.92 Å². The molecule has 0 aliphatic carbocycles. The molecule has 1 rings (SSSR count). The minimum Gasteiger partial charge on any atom is -0.490 e. The first kappa shape index (κ1) is 13.5. The molecule has 0 aliphatic heterocycles. The average molecular weight is 241 g/mol. The lowest BCUT2D eigenvalue weighted by Gasteiger charge is -2.20. The van der Waals surface area contributed by atoms with Crippen molar-refractivity contribution < 1.29 is 9.47 Å². The van der Waals surface area contributed by atoms with Crippen LogP contribution in [0, 0.1) is 0 Å². The third-order valence-corrected chi connectivity index (χ3v) is 2.26.